The van der Waals surface area contributed by atoms with Crippen LogP contribution in [0.2, 0.25) is 0 Å². The van der Waals surface area contributed by atoms with Crippen LogP contribution in [0.4, 0.5) is 0 Å². The zero-order chi connectivity index (χ0) is 16.2. The molecule has 1 saturated heterocycles. The summed E-state index contributed by atoms with van der Waals surface area (Å²) >= 11 is 0. The van der Waals surface area contributed by atoms with Crippen LogP contribution in [0.25, 0.3) is 0 Å². The van der Waals surface area contributed by atoms with E-state index < -0.39 is 5.60 Å². The van der Waals surface area contributed by atoms with E-state index in [4.69, 9.17) is 4.99 Å². The van der Waals surface area contributed by atoms with Gasteiger partial charge in [-0.3, -0.25) is 4.99 Å². The zero-order valence-corrected chi connectivity index (χ0v) is 15.0. The van der Waals surface area contributed by atoms with Crippen molar-refractivity contribution in [3.63, 3.8) is 0 Å². The van der Waals surface area contributed by atoms with Crippen molar-refractivity contribution in [3.05, 3.63) is 11.3 Å². The molecule has 0 aromatic rings. The molecular weight excluding hydrogens is 260 g/mol. The van der Waals surface area contributed by atoms with Crippen molar-refractivity contribution in [2.45, 2.75) is 79.4 Å². The molecule has 2 unspecified atom stereocenters. The van der Waals surface area contributed by atoms with Gasteiger partial charge < -0.3 is 10.4 Å². The third-order valence-corrected chi connectivity index (χ3v) is 4.49. The number of rotatable bonds is 5. The average molecular weight is 294 g/mol. The summed E-state index contributed by atoms with van der Waals surface area (Å²) in [6, 6.07) is 0.608. The fourth-order valence-corrected chi connectivity index (χ4v) is 3.05. The Hall–Kier alpha value is -0.670. The van der Waals surface area contributed by atoms with Crippen LogP contribution >= 0.6 is 0 Å². The summed E-state index contributed by atoms with van der Waals surface area (Å²) in [7, 11) is 0. The lowest BCUT2D eigenvalue weighted by Gasteiger charge is -2.32. The standard InChI is InChI=1S/C18H34N2O/c1-8-13(4)16(15-10-9-14(5)19-11-15)20-17(12(2)3)18(6,7)21/h13-15,19,21H,8-11H2,1-7H3/t13?,14-,15?/m1/s1. The van der Waals surface area contributed by atoms with Crippen molar-refractivity contribution in [2.24, 2.45) is 16.8 Å². The van der Waals surface area contributed by atoms with Crippen molar-refractivity contribution in [3.8, 4) is 0 Å². The molecule has 1 aliphatic heterocycles. The number of nitrogens with zero attached hydrogens (tertiary/aromatic N) is 1. The molecule has 3 nitrogen and oxygen atoms in total. The Kier molecular flexibility index (Phi) is 6.61. The summed E-state index contributed by atoms with van der Waals surface area (Å²) in [6.07, 6.45) is 3.48. The summed E-state index contributed by atoms with van der Waals surface area (Å²) in [5, 5.41) is 14.0. The highest BCUT2D eigenvalue weighted by Gasteiger charge is 2.28. The monoisotopic (exact) mass is 294 g/mol. The Morgan fingerprint density at radius 3 is 2.33 bits per heavy atom. The Morgan fingerprint density at radius 2 is 1.95 bits per heavy atom. The van der Waals surface area contributed by atoms with Crippen LogP contribution in [0.5, 0.6) is 0 Å². The molecule has 21 heavy (non-hydrogen) atoms. The Balaban J connectivity index is 3.13. The first-order valence-electron chi connectivity index (χ1n) is 8.39. The molecule has 1 rings (SSSR count). The molecule has 3 heteroatoms. The molecule has 0 amide bonds. The number of piperidine rings is 1. The molecule has 1 fully saturated rings. The van der Waals surface area contributed by atoms with Crippen molar-refractivity contribution >= 4 is 5.71 Å². The van der Waals surface area contributed by atoms with E-state index in [1.54, 1.807) is 0 Å². The van der Waals surface area contributed by atoms with Gasteiger partial charge in [-0.2, -0.15) is 0 Å². The molecule has 0 aromatic carbocycles. The lowest BCUT2D eigenvalue weighted by Crippen LogP contribution is -2.41. The van der Waals surface area contributed by atoms with Crippen molar-refractivity contribution in [2.75, 3.05) is 6.54 Å². The van der Waals surface area contributed by atoms with E-state index in [-0.39, 0.29) is 0 Å². The summed E-state index contributed by atoms with van der Waals surface area (Å²) < 4.78 is 0. The highest BCUT2D eigenvalue weighted by Crippen LogP contribution is 2.27. The van der Waals surface area contributed by atoms with Crippen LogP contribution < -0.4 is 5.32 Å². The first-order chi connectivity index (χ1) is 9.66. The van der Waals surface area contributed by atoms with Crippen molar-refractivity contribution in [1.29, 1.82) is 0 Å². The van der Waals surface area contributed by atoms with Gasteiger partial charge in [0.05, 0.1) is 5.70 Å². The van der Waals surface area contributed by atoms with E-state index in [0.717, 1.165) is 24.2 Å². The lowest BCUT2D eigenvalue weighted by atomic mass is 9.84. The second-order valence-electron chi connectivity index (χ2n) is 7.34. The second kappa shape index (κ2) is 7.55. The predicted octanol–water partition coefficient (Wildman–Crippen LogP) is 3.93. The van der Waals surface area contributed by atoms with Gasteiger partial charge in [-0.05, 0) is 59.8 Å². The summed E-state index contributed by atoms with van der Waals surface area (Å²) in [5.41, 5.74) is 2.31. The molecule has 0 saturated carbocycles. The molecule has 122 valence electrons. The van der Waals surface area contributed by atoms with E-state index in [1.165, 1.54) is 18.6 Å². The number of hydrogen-bond donors (Lipinski definition) is 2. The van der Waals surface area contributed by atoms with E-state index in [2.05, 4.69) is 26.1 Å². The smallest absolute Gasteiger partial charge is 0.101 e. The molecule has 3 atom stereocenters. The maximum absolute atomic E-state index is 10.4. The maximum Gasteiger partial charge on any atom is 0.101 e. The van der Waals surface area contributed by atoms with Crippen LogP contribution in [0.3, 0.4) is 0 Å². The maximum atomic E-state index is 10.4. The minimum absolute atomic E-state index is 0.460. The van der Waals surface area contributed by atoms with Gasteiger partial charge in [0.2, 0.25) is 0 Å². The molecule has 1 aliphatic rings. The van der Waals surface area contributed by atoms with Gasteiger partial charge in [-0.1, -0.05) is 19.4 Å². The minimum atomic E-state index is -0.882. The molecule has 2 N–H and O–H groups in total. The van der Waals surface area contributed by atoms with Crippen LogP contribution in [0.15, 0.2) is 16.3 Å². The van der Waals surface area contributed by atoms with E-state index in [9.17, 15) is 5.11 Å². The molecule has 0 aromatic heterocycles. The third kappa shape index (κ3) is 5.23. The predicted molar refractivity (Wildman–Crippen MR) is 91.8 cm³/mol. The highest BCUT2D eigenvalue weighted by molar-refractivity contribution is 5.90. The average Bonchev–Trinajstić information content (AvgIpc) is 2.38. The minimum Gasteiger partial charge on any atom is -0.384 e. The van der Waals surface area contributed by atoms with Crippen LogP contribution in [0.1, 0.15) is 67.7 Å². The summed E-state index contributed by atoms with van der Waals surface area (Å²) in [5.74, 6) is 0.953. The van der Waals surface area contributed by atoms with Gasteiger partial charge in [0.25, 0.3) is 0 Å². The van der Waals surface area contributed by atoms with Gasteiger partial charge in [-0.25, -0.2) is 0 Å². The molecule has 0 radical (unpaired) electrons. The largest absolute Gasteiger partial charge is 0.384 e. The first kappa shape index (κ1) is 18.4. The lowest BCUT2D eigenvalue weighted by molar-refractivity contribution is 0.117. The van der Waals surface area contributed by atoms with Crippen LogP contribution in [-0.2, 0) is 0 Å². The normalized spacial score (nSPS) is 25.6. The molecule has 0 aliphatic carbocycles. The number of hydrogen-bond acceptors (Lipinski definition) is 3. The van der Waals surface area contributed by atoms with Crippen LogP contribution in [-0.4, -0.2) is 29.0 Å². The Bertz CT molecular complexity index is 392. The van der Waals surface area contributed by atoms with Gasteiger partial charge in [-0.15, -0.1) is 0 Å². The first-order valence-corrected chi connectivity index (χ1v) is 8.39. The number of nitrogens with one attached hydrogen (secondary N) is 1. The fourth-order valence-electron chi connectivity index (χ4n) is 3.05. The van der Waals surface area contributed by atoms with E-state index >= 15 is 0 Å². The molecule has 0 spiro atoms. The third-order valence-electron chi connectivity index (χ3n) is 4.49. The molecular formula is C18H34N2O. The second-order valence-corrected chi connectivity index (χ2v) is 7.34. The summed E-state index contributed by atoms with van der Waals surface area (Å²) in [6.45, 7) is 15.4. The Labute approximate surface area is 130 Å². The topological polar surface area (TPSA) is 44.6 Å². The number of aliphatic imine (C=N–C) groups is 1. The van der Waals surface area contributed by atoms with Crippen molar-refractivity contribution in [1.82, 2.24) is 5.32 Å². The van der Waals surface area contributed by atoms with Gasteiger partial charge >= 0.3 is 0 Å². The molecule has 1 heterocycles. The molecule has 0 bridgehead atoms. The fraction of sp³-hybridized carbons (Fsp3) is 0.833. The van der Waals surface area contributed by atoms with Gasteiger partial charge in [0, 0.05) is 24.2 Å². The quantitative estimate of drug-likeness (QED) is 0.755. The summed E-state index contributed by atoms with van der Waals surface area (Å²) in [4.78, 5) is 4.97. The number of allylic oxidation sites excluding steroid dienone is 1. The van der Waals surface area contributed by atoms with Gasteiger partial charge in [0.1, 0.15) is 5.60 Å². The highest BCUT2D eigenvalue weighted by atomic mass is 16.3. The van der Waals surface area contributed by atoms with Crippen LogP contribution in [0, 0.1) is 11.8 Å². The van der Waals surface area contributed by atoms with E-state index in [1.807, 2.05) is 27.7 Å². The SMILES string of the molecule is CCC(C)C(=NC(=C(C)C)C(C)(C)O)C1CC[C@@H](C)NC1. The Morgan fingerprint density at radius 1 is 1.33 bits per heavy atom. The number of aliphatic hydroxyl groups is 1. The van der Waals surface area contributed by atoms with Crippen molar-refractivity contribution < 1.29 is 5.11 Å². The van der Waals surface area contributed by atoms with E-state index in [0.29, 0.717) is 17.9 Å². The zero-order valence-electron chi connectivity index (χ0n) is 15.0. The van der Waals surface area contributed by atoms with Gasteiger partial charge in [0.15, 0.2) is 0 Å².